The minimum Gasteiger partial charge on any atom is -0.489 e. The zero-order valence-electron chi connectivity index (χ0n) is 10.6. The molecule has 1 heterocycles. The van der Waals surface area contributed by atoms with Crippen molar-refractivity contribution in [2.45, 2.75) is 38.8 Å². The van der Waals surface area contributed by atoms with Gasteiger partial charge in [0.05, 0.1) is 11.8 Å². The second-order valence-electron chi connectivity index (χ2n) is 4.69. The largest absolute Gasteiger partial charge is 0.489 e. The number of hydrogen-bond acceptors (Lipinski definition) is 3. The van der Waals surface area contributed by atoms with Crippen LogP contribution < -0.4 is 10.1 Å². The average Bonchev–Trinajstić information content (AvgIpc) is 2.32. The molecule has 0 unspecified atom stereocenters. The molecule has 0 spiro atoms. The Balaban J connectivity index is 2.03. The van der Waals surface area contributed by atoms with Gasteiger partial charge in [0.1, 0.15) is 5.75 Å². The van der Waals surface area contributed by atoms with E-state index in [1.54, 1.807) is 0 Å². The minimum absolute atomic E-state index is 0.222. The Kier molecular flexibility index (Phi) is 4.60. The molecule has 2 nitrogen and oxygen atoms in total. The Morgan fingerprint density at radius 2 is 1.94 bits per heavy atom. The summed E-state index contributed by atoms with van der Waals surface area (Å²) in [5.74, 6) is 3.51. The minimum atomic E-state index is 0.222. The average molecular weight is 251 g/mol. The highest BCUT2D eigenvalue weighted by molar-refractivity contribution is 7.99. The number of thioether (sulfide) groups is 1. The normalized spacial score (nSPS) is 17.1. The van der Waals surface area contributed by atoms with Gasteiger partial charge in [-0.3, -0.25) is 0 Å². The molecule has 0 radical (unpaired) electrons. The second-order valence-corrected chi connectivity index (χ2v) is 5.92. The molecular weight excluding hydrogens is 230 g/mol. The molecule has 0 aliphatic carbocycles. The van der Waals surface area contributed by atoms with Gasteiger partial charge in [-0.1, -0.05) is 12.1 Å². The maximum Gasteiger partial charge on any atom is 0.142 e. The Hall–Kier alpha value is -0.830. The van der Waals surface area contributed by atoms with Crippen LogP contribution >= 0.6 is 11.8 Å². The molecule has 1 saturated heterocycles. The highest BCUT2D eigenvalue weighted by atomic mass is 32.2. The van der Waals surface area contributed by atoms with E-state index >= 15 is 0 Å². The smallest absolute Gasteiger partial charge is 0.142 e. The van der Waals surface area contributed by atoms with Crippen molar-refractivity contribution in [2.75, 3.05) is 16.8 Å². The summed E-state index contributed by atoms with van der Waals surface area (Å²) in [6, 6.07) is 8.85. The molecule has 94 valence electrons. The van der Waals surface area contributed by atoms with Crippen LogP contribution in [-0.4, -0.2) is 23.7 Å². The van der Waals surface area contributed by atoms with Gasteiger partial charge in [-0.15, -0.1) is 0 Å². The van der Waals surface area contributed by atoms with E-state index < -0.39 is 0 Å². The van der Waals surface area contributed by atoms with Crippen LogP contribution in [0.25, 0.3) is 0 Å². The van der Waals surface area contributed by atoms with Gasteiger partial charge in [-0.25, -0.2) is 0 Å². The molecule has 1 aliphatic heterocycles. The summed E-state index contributed by atoms with van der Waals surface area (Å²) in [4.78, 5) is 0. The maximum absolute atomic E-state index is 5.82. The number of anilines is 1. The van der Waals surface area contributed by atoms with Crippen molar-refractivity contribution >= 4 is 17.4 Å². The quantitative estimate of drug-likeness (QED) is 0.880. The third-order valence-electron chi connectivity index (χ3n) is 2.83. The summed E-state index contributed by atoms with van der Waals surface area (Å²) in [6.45, 7) is 4.13. The molecule has 2 rings (SSSR count). The SMILES string of the molecule is CC(C)Oc1ccccc1NC1CCSCC1. The molecule has 3 heteroatoms. The summed E-state index contributed by atoms with van der Waals surface area (Å²) in [5.41, 5.74) is 1.14. The number of hydrogen-bond donors (Lipinski definition) is 1. The first-order valence-electron chi connectivity index (χ1n) is 6.35. The molecule has 0 atom stereocenters. The molecule has 1 fully saturated rings. The molecule has 1 aromatic carbocycles. The van der Waals surface area contributed by atoms with Crippen LogP contribution in [0.5, 0.6) is 5.75 Å². The van der Waals surface area contributed by atoms with Crippen molar-refractivity contribution in [1.82, 2.24) is 0 Å². The van der Waals surface area contributed by atoms with Gasteiger partial charge in [-0.05, 0) is 50.3 Å². The van der Waals surface area contributed by atoms with Crippen molar-refractivity contribution in [3.63, 3.8) is 0 Å². The number of nitrogens with one attached hydrogen (secondary N) is 1. The fourth-order valence-electron chi connectivity index (χ4n) is 2.00. The number of rotatable bonds is 4. The lowest BCUT2D eigenvalue weighted by atomic mass is 10.1. The van der Waals surface area contributed by atoms with E-state index in [9.17, 15) is 0 Å². The Morgan fingerprint density at radius 3 is 2.65 bits per heavy atom. The van der Waals surface area contributed by atoms with Crippen LogP contribution in [0.2, 0.25) is 0 Å². The van der Waals surface area contributed by atoms with E-state index in [0.29, 0.717) is 6.04 Å². The van der Waals surface area contributed by atoms with Crippen LogP contribution in [0.1, 0.15) is 26.7 Å². The monoisotopic (exact) mass is 251 g/mol. The zero-order valence-corrected chi connectivity index (χ0v) is 11.4. The highest BCUT2D eigenvalue weighted by Gasteiger charge is 2.15. The maximum atomic E-state index is 5.82. The molecular formula is C14H21NOS. The fraction of sp³-hybridized carbons (Fsp3) is 0.571. The van der Waals surface area contributed by atoms with Gasteiger partial charge in [0.25, 0.3) is 0 Å². The second kappa shape index (κ2) is 6.20. The number of para-hydroxylation sites is 2. The molecule has 0 bridgehead atoms. The molecule has 1 N–H and O–H groups in total. The molecule has 1 aliphatic rings. The highest BCUT2D eigenvalue weighted by Crippen LogP contribution is 2.28. The molecule has 0 saturated carbocycles. The lowest BCUT2D eigenvalue weighted by Crippen LogP contribution is -2.25. The lowest BCUT2D eigenvalue weighted by molar-refractivity contribution is 0.243. The predicted molar refractivity (Wildman–Crippen MR) is 76.2 cm³/mol. The lowest BCUT2D eigenvalue weighted by Gasteiger charge is -2.25. The van der Waals surface area contributed by atoms with Crippen LogP contribution in [0.15, 0.2) is 24.3 Å². The summed E-state index contributed by atoms with van der Waals surface area (Å²) in [7, 11) is 0. The van der Waals surface area contributed by atoms with Crippen molar-refractivity contribution in [3.05, 3.63) is 24.3 Å². The Labute approximate surface area is 108 Å². The standard InChI is InChI=1S/C14H21NOS/c1-11(2)16-14-6-4-3-5-13(14)15-12-7-9-17-10-8-12/h3-6,11-12,15H,7-10H2,1-2H3. The first-order chi connectivity index (χ1) is 8.25. The first kappa shape index (κ1) is 12.6. The zero-order chi connectivity index (χ0) is 12.1. The van der Waals surface area contributed by atoms with Crippen LogP contribution in [0, 0.1) is 0 Å². The Bertz CT molecular complexity index is 348. The first-order valence-corrected chi connectivity index (χ1v) is 7.51. The third-order valence-corrected chi connectivity index (χ3v) is 3.88. The summed E-state index contributed by atoms with van der Waals surface area (Å²) >= 11 is 2.05. The summed E-state index contributed by atoms with van der Waals surface area (Å²) in [6.07, 6.45) is 2.72. The summed E-state index contributed by atoms with van der Waals surface area (Å²) in [5, 5.41) is 3.62. The van der Waals surface area contributed by atoms with Gasteiger partial charge in [0, 0.05) is 6.04 Å². The van der Waals surface area contributed by atoms with E-state index in [4.69, 9.17) is 4.74 Å². The molecule has 0 aromatic heterocycles. The van der Waals surface area contributed by atoms with E-state index in [0.717, 1.165) is 11.4 Å². The number of benzene rings is 1. The van der Waals surface area contributed by atoms with Crippen LogP contribution in [-0.2, 0) is 0 Å². The predicted octanol–water partition coefficient (Wildman–Crippen LogP) is 3.78. The van der Waals surface area contributed by atoms with Gasteiger partial charge in [0.2, 0.25) is 0 Å². The van der Waals surface area contributed by atoms with Gasteiger partial charge < -0.3 is 10.1 Å². The molecule has 1 aromatic rings. The van der Waals surface area contributed by atoms with E-state index in [2.05, 4.69) is 43.1 Å². The molecule has 0 amide bonds. The topological polar surface area (TPSA) is 21.3 Å². The van der Waals surface area contributed by atoms with E-state index in [1.165, 1.54) is 24.3 Å². The van der Waals surface area contributed by atoms with E-state index in [1.807, 2.05) is 12.1 Å². The van der Waals surface area contributed by atoms with Crippen molar-refractivity contribution in [1.29, 1.82) is 0 Å². The van der Waals surface area contributed by atoms with Crippen LogP contribution in [0.4, 0.5) is 5.69 Å². The van der Waals surface area contributed by atoms with Gasteiger partial charge in [-0.2, -0.15) is 11.8 Å². The molecule has 17 heavy (non-hydrogen) atoms. The van der Waals surface area contributed by atoms with Crippen molar-refractivity contribution < 1.29 is 4.74 Å². The van der Waals surface area contributed by atoms with E-state index in [-0.39, 0.29) is 6.10 Å². The van der Waals surface area contributed by atoms with Crippen molar-refractivity contribution in [3.8, 4) is 5.75 Å². The third kappa shape index (κ3) is 3.84. The van der Waals surface area contributed by atoms with Crippen molar-refractivity contribution in [2.24, 2.45) is 0 Å². The fourth-order valence-corrected chi connectivity index (χ4v) is 3.11. The van der Waals surface area contributed by atoms with Crippen LogP contribution in [0.3, 0.4) is 0 Å². The summed E-state index contributed by atoms with van der Waals surface area (Å²) < 4.78 is 5.82. The Morgan fingerprint density at radius 1 is 1.24 bits per heavy atom. The van der Waals surface area contributed by atoms with Gasteiger partial charge in [0.15, 0.2) is 0 Å². The number of ether oxygens (including phenoxy) is 1. The van der Waals surface area contributed by atoms with Gasteiger partial charge >= 0.3 is 0 Å².